The van der Waals surface area contributed by atoms with E-state index in [9.17, 15) is 9.59 Å². The van der Waals surface area contributed by atoms with Gasteiger partial charge in [-0.1, -0.05) is 6.07 Å². The third-order valence-electron chi connectivity index (χ3n) is 3.32. The predicted molar refractivity (Wildman–Crippen MR) is 67.9 cm³/mol. The molecule has 2 aromatic rings. The van der Waals surface area contributed by atoms with Crippen LogP contribution in [-0.4, -0.2) is 38.4 Å². The summed E-state index contributed by atoms with van der Waals surface area (Å²) in [6.07, 6.45) is 1.68. The van der Waals surface area contributed by atoms with Crippen LogP contribution in [0.3, 0.4) is 0 Å². The lowest BCUT2D eigenvalue weighted by Crippen LogP contribution is -2.49. The number of hydrogen-bond acceptors (Lipinski definition) is 4. The number of pyridine rings is 1. The van der Waals surface area contributed by atoms with Gasteiger partial charge < -0.3 is 5.11 Å². The van der Waals surface area contributed by atoms with Crippen LogP contribution in [0.25, 0.3) is 5.65 Å². The first-order chi connectivity index (χ1) is 9.13. The standard InChI is InChI=1S/C13H13N3O3/c17-12-5-10(8-15-6-9(7-15)13(18)19)14-11-3-1-2-4-16(11)12/h1-5,9H,6-8H2,(H,18,19). The second-order valence-corrected chi connectivity index (χ2v) is 4.74. The third-order valence-corrected chi connectivity index (χ3v) is 3.32. The maximum atomic E-state index is 11.9. The summed E-state index contributed by atoms with van der Waals surface area (Å²) in [6.45, 7) is 1.56. The fourth-order valence-electron chi connectivity index (χ4n) is 2.27. The van der Waals surface area contributed by atoms with E-state index < -0.39 is 5.97 Å². The molecule has 98 valence electrons. The smallest absolute Gasteiger partial charge is 0.309 e. The van der Waals surface area contributed by atoms with Crippen molar-refractivity contribution in [3.05, 3.63) is 46.5 Å². The van der Waals surface area contributed by atoms with E-state index >= 15 is 0 Å². The quantitative estimate of drug-likeness (QED) is 0.853. The summed E-state index contributed by atoms with van der Waals surface area (Å²) < 4.78 is 1.49. The van der Waals surface area contributed by atoms with Crippen LogP contribution in [0.2, 0.25) is 0 Å². The van der Waals surface area contributed by atoms with Gasteiger partial charge in [0.05, 0.1) is 11.6 Å². The average Bonchev–Trinajstić information content (AvgIpc) is 2.33. The number of likely N-dealkylation sites (tertiary alicyclic amines) is 1. The minimum absolute atomic E-state index is 0.115. The fourth-order valence-corrected chi connectivity index (χ4v) is 2.27. The minimum atomic E-state index is -0.761. The minimum Gasteiger partial charge on any atom is -0.481 e. The van der Waals surface area contributed by atoms with Crippen molar-refractivity contribution in [3.63, 3.8) is 0 Å². The van der Waals surface area contributed by atoms with E-state index in [1.807, 2.05) is 11.0 Å². The average molecular weight is 259 g/mol. The van der Waals surface area contributed by atoms with Crippen molar-refractivity contribution in [1.29, 1.82) is 0 Å². The van der Waals surface area contributed by atoms with Crippen LogP contribution in [0.4, 0.5) is 0 Å². The Morgan fingerprint density at radius 3 is 2.95 bits per heavy atom. The summed E-state index contributed by atoms with van der Waals surface area (Å²) in [5.74, 6) is -1.05. The van der Waals surface area contributed by atoms with Crippen molar-refractivity contribution < 1.29 is 9.90 Å². The zero-order valence-corrected chi connectivity index (χ0v) is 10.2. The Balaban J connectivity index is 1.79. The van der Waals surface area contributed by atoms with Crippen LogP contribution < -0.4 is 5.56 Å². The number of carbonyl (C=O) groups is 1. The number of hydrogen-bond donors (Lipinski definition) is 1. The van der Waals surface area contributed by atoms with Crippen molar-refractivity contribution >= 4 is 11.6 Å². The molecule has 0 unspecified atom stereocenters. The highest BCUT2D eigenvalue weighted by molar-refractivity contribution is 5.71. The van der Waals surface area contributed by atoms with Gasteiger partial charge in [0.2, 0.25) is 0 Å². The molecule has 0 atom stereocenters. The summed E-state index contributed by atoms with van der Waals surface area (Å²) >= 11 is 0. The lowest BCUT2D eigenvalue weighted by atomic mass is 10.0. The maximum absolute atomic E-state index is 11.9. The molecular weight excluding hydrogens is 246 g/mol. The molecule has 0 saturated carbocycles. The first-order valence-electron chi connectivity index (χ1n) is 6.06. The van der Waals surface area contributed by atoms with Gasteiger partial charge in [0.25, 0.3) is 5.56 Å². The monoisotopic (exact) mass is 259 g/mol. The molecule has 0 spiro atoms. The van der Waals surface area contributed by atoms with Crippen molar-refractivity contribution in [2.45, 2.75) is 6.54 Å². The number of carboxylic acid groups (broad SMARTS) is 1. The molecule has 0 amide bonds. The summed E-state index contributed by atoms with van der Waals surface area (Å²) in [5, 5.41) is 8.81. The molecule has 6 heteroatoms. The van der Waals surface area contributed by atoms with Gasteiger partial charge in [0, 0.05) is 31.9 Å². The fraction of sp³-hybridized carbons (Fsp3) is 0.308. The third kappa shape index (κ3) is 2.22. The van der Waals surface area contributed by atoms with E-state index in [-0.39, 0.29) is 11.5 Å². The lowest BCUT2D eigenvalue weighted by Gasteiger charge is -2.36. The van der Waals surface area contributed by atoms with Crippen LogP contribution in [0, 0.1) is 5.92 Å². The number of rotatable bonds is 3. The number of nitrogens with zero attached hydrogens (tertiary/aromatic N) is 3. The van der Waals surface area contributed by atoms with Crippen LogP contribution in [0.15, 0.2) is 35.3 Å². The Morgan fingerprint density at radius 2 is 2.21 bits per heavy atom. The van der Waals surface area contributed by atoms with Gasteiger partial charge in [-0.2, -0.15) is 0 Å². The molecule has 0 bridgehead atoms. The zero-order valence-electron chi connectivity index (χ0n) is 10.2. The summed E-state index contributed by atoms with van der Waals surface area (Å²) in [6, 6.07) is 6.89. The molecule has 0 aliphatic carbocycles. The van der Waals surface area contributed by atoms with Gasteiger partial charge in [0.15, 0.2) is 0 Å². The molecular formula is C13H13N3O3. The molecule has 6 nitrogen and oxygen atoms in total. The summed E-state index contributed by atoms with van der Waals surface area (Å²) in [5.41, 5.74) is 1.18. The molecule has 1 N–H and O–H groups in total. The summed E-state index contributed by atoms with van der Waals surface area (Å²) in [7, 11) is 0. The number of fused-ring (bicyclic) bond motifs is 1. The van der Waals surface area contributed by atoms with Crippen LogP contribution in [-0.2, 0) is 11.3 Å². The van der Waals surface area contributed by atoms with E-state index in [4.69, 9.17) is 5.11 Å². The molecule has 19 heavy (non-hydrogen) atoms. The van der Waals surface area contributed by atoms with Gasteiger partial charge >= 0.3 is 5.97 Å². The zero-order chi connectivity index (χ0) is 13.4. The van der Waals surface area contributed by atoms with Gasteiger partial charge in [0.1, 0.15) is 5.65 Å². The largest absolute Gasteiger partial charge is 0.481 e. The Kier molecular flexibility index (Phi) is 2.79. The molecule has 1 saturated heterocycles. The van der Waals surface area contributed by atoms with E-state index in [1.165, 1.54) is 10.5 Å². The Morgan fingerprint density at radius 1 is 1.42 bits per heavy atom. The normalized spacial score (nSPS) is 16.4. The first-order valence-corrected chi connectivity index (χ1v) is 6.06. The highest BCUT2D eigenvalue weighted by Gasteiger charge is 2.32. The molecule has 2 aromatic heterocycles. The second kappa shape index (κ2) is 4.47. The van der Waals surface area contributed by atoms with Gasteiger partial charge in [-0.15, -0.1) is 0 Å². The maximum Gasteiger partial charge on any atom is 0.309 e. The Hall–Kier alpha value is -2.21. The molecule has 1 fully saturated rings. The van der Waals surface area contributed by atoms with Crippen LogP contribution in [0.5, 0.6) is 0 Å². The summed E-state index contributed by atoms with van der Waals surface area (Å²) in [4.78, 5) is 29.0. The second-order valence-electron chi connectivity index (χ2n) is 4.74. The molecule has 3 rings (SSSR count). The highest BCUT2D eigenvalue weighted by Crippen LogP contribution is 2.17. The molecule has 1 aliphatic heterocycles. The van der Waals surface area contributed by atoms with Crippen molar-refractivity contribution in [2.24, 2.45) is 5.92 Å². The van der Waals surface area contributed by atoms with Gasteiger partial charge in [-0.3, -0.25) is 18.9 Å². The SMILES string of the molecule is O=C(O)C1CN(Cc2cc(=O)n3ccccc3n2)C1. The highest BCUT2D eigenvalue weighted by atomic mass is 16.4. The number of carboxylic acids is 1. The van der Waals surface area contributed by atoms with Crippen molar-refractivity contribution in [2.75, 3.05) is 13.1 Å². The molecule has 0 aromatic carbocycles. The number of aromatic nitrogens is 2. The Bertz CT molecular complexity index is 689. The predicted octanol–water partition coefficient (Wildman–Crippen LogP) is 0.211. The van der Waals surface area contributed by atoms with E-state index in [2.05, 4.69) is 4.98 Å². The molecule has 1 aliphatic rings. The Labute approximate surface area is 108 Å². The van der Waals surface area contributed by atoms with E-state index in [0.717, 1.165) is 0 Å². The number of aliphatic carboxylic acids is 1. The molecule has 3 heterocycles. The molecule has 0 radical (unpaired) electrons. The van der Waals surface area contributed by atoms with Crippen molar-refractivity contribution in [1.82, 2.24) is 14.3 Å². The lowest BCUT2D eigenvalue weighted by molar-refractivity contribution is -0.147. The van der Waals surface area contributed by atoms with Gasteiger partial charge in [-0.25, -0.2) is 4.98 Å². The van der Waals surface area contributed by atoms with Crippen LogP contribution in [0.1, 0.15) is 5.69 Å². The van der Waals surface area contributed by atoms with E-state index in [0.29, 0.717) is 31.0 Å². The van der Waals surface area contributed by atoms with Gasteiger partial charge in [-0.05, 0) is 12.1 Å². The van der Waals surface area contributed by atoms with Crippen LogP contribution >= 0.6 is 0 Å². The topological polar surface area (TPSA) is 74.9 Å². The van der Waals surface area contributed by atoms with Crippen molar-refractivity contribution in [3.8, 4) is 0 Å². The van der Waals surface area contributed by atoms with E-state index in [1.54, 1.807) is 18.3 Å². The first kappa shape index (κ1) is 11.9.